The van der Waals surface area contributed by atoms with Crippen LogP contribution in [-0.4, -0.2) is 38.0 Å². The fraction of sp³-hybridized carbons (Fsp3) is 0.400. The molecule has 116 valence electrons. The SMILES string of the molecule is C=CCn1c(SCN2CCCCC2=O)nnc1-c1cccs1. The number of amides is 1. The molecule has 1 saturated heterocycles. The molecule has 0 atom stereocenters. The number of rotatable bonds is 6. The minimum absolute atomic E-state index is 0.243. The van der Waals surface area contributed by atoms with Gasteiger partial charge in [-0.05, 0) is 24.3 Å². The van der Waals surface area contributed by atoms with Gasteiger partial charge in [0.05, 0.1) is 10.8 Å². The summed E-state index contributed by atoms with van der Waals surface area (Å²) in [5.74, 6) is 1.74. The molecule has 1 aliphatic rings. The number of piperidine rings is 1. The number of thiophene rings is 1. The third-order valence-corrected chi connectivity index (χ3v) is 5.41. The van der Waals surface area contributed by atoms with Gasteiger partial charge in [-0.2, -0.15) is 0 Å². The minimum atomic E-state index is 0.243. The van der Waals surface area contributed by atoms with Gasteiger partial charge >= 0.3 is 0 Å². The number of carbonyl (C=O) groups excluding carboxylic acids is 1. The molecule has 2 aromatic rings. The first kappa shape index (κ1) is 15.3. The molecular weight excluding hydrogens is 316 g/mol. The Labute approximate surface area is 138 Å². The zero-order valence-corrected chi connectivity index (χ0v) is 13.9. The molecule has 0 radical (unpaired) electrons. The number of allylic oxidation sites excluding steroid dienone is 1. The Balaban J connectivity index is 1.75. The number of hydrogen-bond acceptors (Lipinski definition) is 5. The van der Waals surface area contributed by atoms with Crippen molar-refractivity contribution in [1.29, 1.82) is 0 Å². The van der Waals surface area contributed by atoms with Crippen LogP contribution >= 0.6 is 23.1 Å². The second-order valence-corrected chi connectivity index (χ2v) is 6.93. The number of nitrogens with zero attached hydrogens (tertiary/aromatic N) is 4. The molecule has 1 aliphatic heterocycles. The largest absolute Gasteiger partial charge is 0.333 e. The van der Waals surface area contributed by atoms with E-state index >= 15 is 0 Å². The van der Waals surface area contributed by atoms with Crippen molar-refractivity contribution in [3.05, 3.63) is 30.2 Å². The normalized spacial score (nSPS) is 15.3. The molecule has 1 fully saturated rings. The lowest BCUT2D eigenvalue weighted by Gasteiger charge is -2.25. The van der Waals surface area contributed by atoms with Gasteiger partial charge in [-0.1, -0.05) is 23.9 Å². The summed E-state index contributed by atoms with van der Waals surface area (Å²) in [7, 11) is 0. The summed E-state index contributed by atoms with van der Waals surface area (Å²) in [6, 6.07) is 4.04. The molecule has 0 aliphatic carbocycles. The molecule has 7 heteroatoms. The first-order valence-corrected chi connectivity index (χ1v) is 9.14. The average Bonchev–Trinajstić information content (AvgIpc) is 3.16. The van der Waals surface area contributed by atoms with Gasteiger partial charge in [0.2, 0.25) is 5.91 Å². The average molecular weight is 334 g/mol. The maximum Gasteiger partial charge on any atom is 0.223 e. The van der Waals surface area contributed by atoms with Crippen molar-refractivity contribution in [2.75, 3.05) is 12.4 Å². The Bertz CT molecular complexity index is 651. The van der Waals surface area contributed by atoms with Crippen molar-refractivity contribution in [3.63, 3.8) is 0 Å². The Hall–Kier alpha value is -1.60. The number of carbonyl (C=O) groups is 1. The Morgan fingerprint density at radius 2 is 2.32 bits per heavy atom. The van der Waals surface area contributed by atoms with Crippen LogP contribution < -0.4 is 0 Å². The molecule has 0 spiro atoms. The van der Waals surface area contributed by atoms with Crippen molar-refractivity contribution in [3.8, 4) is 10.7 Å². The van der Waals surface area contributed by atoms with E-state index < -0.39 is 0 Å². The molecule has 0 unspecified atom stereocenters. The second-order valence-electron chi connectivity index (χ2n) is 5.07. The lowest BCUT2D eigenvalue weighted by atomic mass is 10.1. The van der Waals surface area contributed by atoms with E-state index in [0.717, 1.165) is 35.2 Å². The van der Waals surface area contributed by atoms with Crippen LogP contribution in [0.15, 0.2) is 35.3 Å². The summed E-state index contributed by atoms with van der Waals surface area (Å²) < 4.78 is 2.05. The van der Waals surface area contributed by atoms with E-state index in [1.54, 1.807) is 23.1 Å². The lowest BCUT2D eigenvalue weighted by Crippen LogP contribution is -2.34. The fourth-order valence-corrected chi connectivity index (χ4v) is 4.09. The highest BCUT2D eigenvalue weighted by atomic mass is 32.2. The highest BCUT2D eigenvalue weighted by Crippen LogP contribution is 2.28. The van der Waals surface area contributed by atoms with Crippen LogP contribution in [0.1, 0.15) is 19.3 Å². The van der Waals surface area contributed by atoms with E-state index in [2.05, 4.69) is 21.3 Å². The van der Waals surface area contributed by atoms with E-state index in [-0.39, 0.29) is 5.91 Å². The molecule has 5 nitrogen and oxygen atoms in total. The van der Waals surface area contributed by atoms with Gasteiger partial charge in [0.15, 0.2) is 11.0 Å². The smallest absolute Gasteiger partial charge is 0.223 e. The third-order valence-electron chi connectivity index (χ3n) is 3.54. The van der Waals surface area contributed by atoms with Crippen LogP contribution in [0.2, 0.25) is 0 Å². The van der Waals surface area contributed by atoms with Gasteiger partial charge < -0.3 is 4.90 Å². The maximum absolute atomic E-state index is 11.9. The highest BCUT2D eigenvalue weighted by Gasteiger charge is 2.20. The number of likely N-dealkylation sites (tertiary alicyclic amines) is 1. The quantitative estimate of drug-likeness (QED) is 0.601. The fourth-order valence-electron chi connectivity index (χ4n) is 2.41. The van der Waals surface area contributed by atoms with Gasteiger partial charge in [-0.3, -0.25) is 9.36 Å². The van der Waals surface area contributed by atoms with Crippen molar-refractivity contribution in [2.24, 2.45) is 0 Å². The first-order chi connectivity index (χ1) is 10.8. The van der Waals surface area contributed by atoms with Crippen LogP contribution in [0, 0.1) is 0 Å². The van der Waals surface area contributed by atoms with E-state index in [1.165, 1.54) is 0 Å². The zero-order chi connectivity index (χ0) is 15.4. The highest BCUT2D eigenvalue weighted by molar-refractivity contribution is 7.99. The summed E-state index contributed by atoms with van der Waals surface area (Å²) in [5.41, 5.74) is 0. The number of hydrogen-bond donors (Lipinski definition) is 0. The predicted octanol–water partition coefficient (Wildman–Crippen LogP) is 3.25. The van der Waals surface area contributed by atoms with Crippen LogP contribution in [0.3, 0.4) is 0 Å². The summed E-state index contributed by atoms with van der Waals surface area (Å²) in [6.45, 7) is 5.32. The van der Waals surface area contributed by atoms with Crippen LogP contribution in [0.4, 0.5) is 0 Å². The van der Waals surface area contributed by atoms with Crippen molar-refractivity contribution in [2.45, 2.75) is 31.0 Å². The molecule has 22 heavy (non-hydrogen) atoms. The molecule has 0 N–H and O–H groups in total. The molecule has 0 saturated carbocycles. The van der Waals surface area contributed by atoms with Gasteiger partial charge in [-0.15, -0.1) is 28.1 Å². The van der Waals surface area contributed by atoms with E-state index in [9.17, 15) is 4.79 Å². The third kappa shape index (κ3) is 3.25. The Morgan fingerprint density at radius 3 is 3.05 bits per heavy atom. The van der Waals surface area contributed by atoms with Crippen molar-refractivity contribution >= 4 is 29.0 Å². The van der Waals surface area contributed by atoms with E-state index in [4.69, 9.17) is 0 Å². The molecule has 0 aromatic carbocycles. The first-order valence-electron chi connectivity index (χ1n) is 7.28. The van der Waals surface area contributed by atoms with Crippen LogP contribution in [0.5, 0.6) is 0 Å². The lowest BCUT2D eigenvalue weighted by molar-refractivity contribution is -0.132. The standard InChI is InChI=1S/C15H18N4OS2/c1-2-8-19-14(12-6-5-10-21-12)16-17-15(19)22-11-18-9-4-3-7-13(18)20/h2,5-6,10H,1,3-4,7-9,11H2. The van der Waals surface area contributed by atoms with Gasteiger partial charge in [0.1, 0.15) is 0 Å². The molecule has 0 bridgehead atoms. The van der Waals surface area contributed by atoms with Gasteiger partial charge in [0.25, 0.3) is 0 Å². The number of thioether (sulfide) groups is 1. The predicted molar refractivity (Wildman–Crippen MR) is 89.8 cm³/mol. The zero-order valence-electron chi connectivity index (χ0n) is 12.3. The second kappa shape index (κ2) is 7.11. The van der Waals surface area contributed by atoms with Crippen molar-refractivity contribution < 1.29 is 4.79 Å². The van der Waals surface area contributed by atoms with E-state index in [0.29, 0.717) is 18.8 Å². The summed E-state index contributed by atoms with van der Waals surface area (Å²) >= 11 is 3.21. The van der Waals surface area contributed by atoms with Crippen LogP contribution in [0.25, 0.3) is 10.7 Å². The molecule has 1 amide bonds. The van der Waals surface area contributed by atoms with Crippen molar-refractivity contribution in [1.82, 2.24) is 19.7 Å². The monoisotopic (exact) mass is 334 g/mol. The maximum atomic E-state index is 11.9. The Kier molecular flexibility index (Phi) is 4.94. The van der Waals surface area contributed by atoms with Gasteiger partial charge in [0, 0.05) is 19.5 Å². The summed E-state index contributed by atoms with van der Waals surface area (Å²) in [6.07, 6.45) is 4.61. The molecule has 2 aromatic heterocycles. The number of aromatic nitrogens is 3. The minimum Gasteiger partial charge on any atom is -0.333 e. The van der Waals surface area contributed by atoms with Crippen LogP contribution in [-0.2, 0) is 11.3 Å². The Morgan fingerprint density at radius 1 is 1.41 bits per heavy atom. The molecule has 3 heterocycles. The summed E-state index contributed by atoms with van der Waals surface area (Å²) in [4.78, 5) is 14.9. The van der Waals surface area contributed by atoms with E-state index in [1.807, 2.05) is 28.5 Å². The topological polar surface area (TPSA) is 51.0 Å². The van der Waals surface area contributed by atoms with Gasteiger partial charge in [-0.25, -0.2) is 0 Å². The summed E-state index contributed by atoms with van der Waals surface area (Å²) in [5, 5.41) is 11.5. The molecule has 3 rings (SSSR count). The molecular formula is C15H18N4OS2.